The van der Waals surface area contributed by atoms with E-state index in [9.17, 15) is 0 Å². The van der Waals surface area contributed by atoms with Crippen LogP contribution in [0, 0.1) is 5.92 Å². The van der Waals surface area contributed by atoms with E-state index >= 15 is 0 Å². The summed E-state index contributed by atoms with van der Waals surface area (Å²) in [6, 6.07) is 6.62. The lowest BCUT2D eigenvalue weighted by molar-refractivity contribution is 0.353. The molecule has 3 nitrogen and oxygen atoms in total. The van der Waals surface area contributed by atoms with Gasteiger partial charge in [0.25, 0.3) is 0 Å². The maximum absolute atomic E-state index is 5.40. The van der Waals surface area contributed by atoms with Crippen LogP contribution >= 0.6 is 0 Å². The minimum absolute atomic E-state index is 0.395. The first kappa shape index (κ1) is 16.2. The van der Waals surface area contributed by atoms with Gasteiger partial charge >= 0.3 is 0 Å². The first-order chi connectivity index (χ1) is 10.3. The highest BCUT2D eigenvalue weighted by molar-refractivity contribution is 5.43. The fourth-order valence-corrected chi connectivity index (χ4v) is 3.33. The largest absolute Gasteiger partial charge is 0.493 e. The molecule has 118 valence electrons. The van der Waals surface area contributed by atoms with Crippen LogP contribution in [0.5, 0.6) is 11.5 Å². The van der Waals surface area contributed by atoms with E-state index < -0.39 is 0 Å². The SMILES string of the molecule is CCC(NCCC1CCCC1)c1ccc(OC)c(OC)c1. The summed E-state index contributed by atoms with van der Waals surface area (Å²) in [5.41, 5.74) is 1.28. The lowest BCUT2D eigenvalue weighted by Gasteiger charge is -2.20. The average molecular weight is 291 g/mol. The Labute approximate surface area is 129 Å². The zero-order chi connectivity index (χ0) is 15.1. The second-order valence-corrected chi connectivity index (χ2v) is 5.97. The van der Waals surface area contributed by atoms with Crippen LogP contribution in [-0.2, 0) is 0 Å². The summed E-state index contributed by atoms with van der Waals surface area (Å²) >= 11 is 0. The molecule has 2 rings (SSSR count). The van der Waals surface area contributed by atoms with Gasteiger partial charge in [0.2, 0.25) is 0 Å². The smallest absolute Gasteiger partial charge is 0.161 e. The van der Waals surface area contributed by atoms with Crippen molar-refractivity contribution in [3.05, 3.63) is 23.8 Å². The number of rotatable bonds is 8. The quantitative estimate of drug-likeness (QED) is 0.773. The van der Waals surface area contributed by atoms with Crippen molar-refractivity contribution in [2.75, 3.05) is 20.8 Å². The minimum atomic E-state index is 0.395. The monoisotopic (exact) mass is 291 g/mol. The van der Waals surface area contributed by atoms with Crippen molar-refractivity contribution in [3.63, 3.8) is 0 Å². The topological polar surface area (TPSA) is 30.5 Å². The van der Waals surface area contributed by atoms with Gasteiger partial charge in [-0.3, -0.25) is 0 Å². The van der Waals surface area contributed by atoms with Gasteiger partial charge in [-0.1, -0.05) is 38.7 Å². The average Bonchev–Trinajstić information content (AvgIpc) is 3.04. The Bertz CT molecular complexity index is 427. The van der Waals surface area contributed by atoms with Crippen molar-refractivity contribution in [1.82, 2.24) is 5.32 Å². The molecule has 0 aromatic heterocycles. The second kappa shape index (κ2) is 8.28. The van der Waals surface area contributed by atoms with Gasteiger partial charge in [-0.2, -0.15) is 0 Å². The van der Waals surface area contributed by atoms with Crippen LogP contribution < -0.4 is 14.8 Å². The van der Waals surface area contributed by atoms with Gasteiger partial charge in [0.1, 0.15) is 0 Å². The van der Waals surface area contributed by atoms with Crippen LogP contribution in [0.3, 0.4) is 0 Å². The van der Waals surface area contributed by atoms with E-state index in [4.69, 9.17) is 9.47 Å². The van der Waals surface area contributed by atoms with Gasteiger partial charge in [0.15, 0.2) is 11.5 Å². The summed E-state index contributed by atoms with van der Waals surface area (Å²) in [7, 11) is 3.37. The molecule has 1 aliphatic carbocycles. The zero-order valence-corrected chi connectivity index (χ0v) is 13.7. The fourth-order valence-electron chi connectivity index (χ4n) is 3.33. The van der Waals surface area contributed by atoms with Crippen molar-refractivity contribution in [2.45, 2.75) is 51.5 Å². The van der Waals surface area contributed by atoms with E-state index in [1.54, 1.807) is 14.2 Å². The Hall–Kier alpha value is -1.22. The molecule has 0 aliphatic heterocycles. The number of benzene rings is 1. The van der Waals surface area contributed by atoms with Crippen LogP contribution in [0.15, 0.2) is 18.2 Å². The van der Waals surface area contributed by atoms with Crippen molar-refractivity contribution in [3.8, 4) is 11.5 Å². The Morgan fingerprint density at radius 2 is 1.86 bits per heavy atom. The number of nitrogens with one attached hydrogen (secondary N) is 1. The molecule has 1 aromatic rings. The first-order valence-corrected chi connectivity index (χ1v) is 8.23. The third kappa shape index (κ3) is 4.37. The van der Waals surface area contributed by atoms with Gasteiger partial charge in [0.05, 0.1) is 14.2 Å². The molecular formula is C18H29NO2. The summed E-state index contributed by atoms with van der Waals surface area (Å²) in [5, 5.41) is 3.71. The molecule has 0 heterocycles. The lowest BCUT2D eigenvalue weighted by atomic mass is 10.0. The maximum atomic E-state index is 5.40. The van der Waals surface area contributed by atoms with Crippen LogP contribution in [0.4, 0.5) is 0 Å². The molecule has 0 amide bonds. The van der Waals surface area contributed by atoms with E-state index in [-0.39, 0.29) is 0 Å². The molecule has 0 saturated heterocycles. The van der Waals surface area contributed by atoms with E-state index in [1.165, 1.54) is 37.7 Å². The predicted molar refractivity (Wildman–Crippen MR) is 87.2 cm³/mol. The molecule has 21 heavy (non-hydrogen) atoms. The molecule has 1 atom stereocenters. The van der Waals surface area contributed by atoms with Gasteiger partial charge in [-0.15, -0.1) is 0 Å². The third-order valence-corrected chi connectivity index (χ3v) is 4.64. The molecule has 0 spiro atoms. The Morgan fingerprint density at radius 3 is 2.48 bits per heavy atom. The maximum Gasteiger partial charge on any atom is 0.161 e. The molecule has 1 unspecified atom stereocenters. The van der Waals surface area contributed by atoms with Crippen LogP contribution in [0.2, 0.25) is 0 Å². The molecule has 3 heteroatoms. The highest BCUT2D eigenvalue weighted by Gasteiger charge is 2.16. The Balaban J connectivity index is 1.92. The number of hydrogen-bond donors (Lipinski definition) is 1. The summed E-state index contributed by atoms with van der Waals surface area (Å²) in [5.74, 6) is 2.55. The van der Waals surface area contributed by atoms with Crippen LogP contribution in [0.1, 0.15) is 57.1 Å². The number of ether oxygens (including phenoxy) is 2. The summed E-state index contributed by atoms with van der Waals surface area (Å²) < 4.78 is 10.7. The van der Waals surface area contributed by atoms with Crippen molar-refractivity contribution in [1.29, 1.82) is 0 Å². The van der Waals surface area contributed by atoms with E-state index in [0.717, 1.165) is 30.4 Å². The van der Waals surface area contributed by atoms with E-state index in [2.05, 4.69) is 24.4 Å². The van der Waals surface area contributed by atoms with E-state index in [1.807, 2.05) is 6.07 Å². The molecule has 1 fully saturated rings. The molecule has 1 saturated carbocycles. The molecule has 1 aromatic carbocycles. The number of methoxy groups -OCH3 is 2. The van der Waals surface area contributed by atoms with Gasteiger partial charge in [-0.25, -0.2) is 0 Å². The predicted octanol–water partition coefficient (Wildman–Crippen LogP) is 4.32. The van der Waals surface area contributed by atoms with Crippen LogP contribution in [-0.4, -0.2) is 20.8 Å². The van der Waals surface area contributed by atoms with Crippen molar-refractivity contribution >= 4 is 0 Å². The van der Waals surface area contributed by atoms with Crippen LogP contribution in [0.25, 0.3) is 0 Å². The van der Waals surface area contributed by atoms with Crippen molar-refractivity contribution in [2.24, 2.45) is 5.92 Å². The fraction of sp³-hybridized carbons (Fsp3) is 0.667. The highest BCUT2D eigenvalue weighted by atomic mass is 16.5. The van der Waals surface area contributed by atoms with Gasteiger partial charge in [-0.05, 0) is 43.0 Å². The normalized spacial score (nSPS) is 16.9. The second-order valence-electron chi connectivity index (χ2n) is 5.97. The summed E-state index contributed by atoms with van der Waals surface area (Å²) in [6.45, 7) is 3.33. The molecule has 0 bridgehead atoms. The molecule has 0 radical (unpaired) electrons. The zero-order valence-electron chi connectivity index (χ0n) is 13.7. The van der Waals surface area contributed by atoms with Gasteiger partial charge in [0, 0.05) is 6.04 Å². The summed E-state index contributed by atoms with van der Waals surface area (Å²) in [6.07, 6.45) is 8.10. The van der Waals surface area contributed by atoms with E-state index in [0.29, 0.717) is 6.04 Å². The molecule has 1 aliphatic rings. The molecular weight excluding hydrogens is 262 g/mol. The first-order valence-electron chi connectivity index (χ1n) is 8.23. The standard InChI is InChI=1S/C18H29NO2/c1-4-16(19-12-11-14-7-5-6-8-14)15-9-10-17(20-2)18(13-15)21-3/h9-10,13-14,16,19H,4-8,11-12H2,1-3H3. The summed E-state index contributed by atoms with van der Waals surface area (Å²) in [4.78, 5) is 0. The highest BCUT2D eigenvalue weighted by Crippen LogP contribution is 2.31. The Kier molecular flexibility index (Phi) is 6.37. The number of hydrogen-bond acceptors (Lipinski definition) is 3. The minimum Gasteiger partial charge on any atom is -0.493 e. The van der Waals surface area contributed by atoms with Gasteiger partial charge < -0.3 is 14.8 Å². The lowest BCUT2D eigenvalue weighted by Crippen LogP contribution is -2.23. The van der Waals surface area contributed by atoms with Crippen molar-refractivity contribution < 1.29 is 9.47 Å². The Morgan fingerprint density at radius 1 is 1.14 bits per heavy atom. The molecule has 1 N–H and O–H groups in total. The third-order valence-electron chi connectivity index (χ3n) is 4.64.